The van der Waals surface area contributed by atoms with Crippen LogP contribution in [0.3, 0.4) is 0 Å². The third kappa shape index (κ3) is 2.07. The Labute approximate surface area is 69.3 Å². The first-order chi connectivity index (χ1) is 5.38. The van der Waals surface area contributed by atoms with Crippen molar-refractivity contribution in [3.05, 3.63) is 42.3 Å². The van der Waals surface area contributed by atoms with Gasteiger partial charge in [-0.2, -0.15) is 0 Å². The molecule has 0 amide bonds. The van der Waals surface area contributed by atoms with Gasteiger partial charge in [0.25, 0.3) is 0 Å². The van der Waals surface area contributed by atoms with Crippen LogP contribution in [-0.2, 0) is 0 Å². The Morgan fingerprint density at radius 3 is 2.36 bits per heavy atom. The lowest BCUT2D eigenvalue weighted by Crippen LogP contribution is -1.94. The van der Waals surface area contributed by atoms with Crippen molar-refractivity contribution in [3.63, 3.8) is 0 Å². The summed E-state index contributed by atoms with van der Waals surface area (Å²) in [5, 5.41) is 0. The molecule has 1 radical (unpaired) electrons. The molecule has 0 nitrogen and oxygen atoms in total. The van der Waals surface area contributed by atoms with Crippen LogP contribution in [0.2, 0.25) is 0 Å². The SMILES string of the molecule is C[CH]C(CC)c1ccccc1. The minimum Gasteiger partial charge on any atom is -0.0648 e. The molecule has 1 rings (SSSR count). The minimum atomic E-state index is 0.635. The van der Waals surface area contributed by atoms with E-state index in [0.29, 0.717) is 5.92 Å². The van der Waals surface area contributed by atoms with E-state index in [1.165, 1.54) is 12.0 Å². The lowest BCUT2D eigenvalue weighted by Gasteiger charge is -2.11. The Kier molecular flexibility index (Phi) is 3.15. The first-order valence-corrected chi connectivity index (χ1v) is 4.23. The van der Waals surface area contributed by atoms with Crippen LogP contribution in [0.25, 0.3) is 0 Å². The lowest BCUT2D eigenvalue weighted by atomic mass is 9.94. The van der Waals surface area contributed by atoms with Crippen LogP contribution in [0.1, 0.15) is 31.7 Å². The Morgan fingerprint density at radius 1 is 1.27 bits per heavy atom. The van der Waals surface area contributed by atoms with Crippen LogP contribution in [0.4, 0.5) is 0 Å². The van der Waals surface area contributed by atoms with Crippen molar-refractivity contribution >= 4 is 0 Å². The van der Waals surface area contributed by atoms with Crippen molar-refractivity contribution in [1.29, 1.82) is 0 Å². The fraction of sp³-hybridized carbons (Fsp3) is 0.364. The van der Waals surface area contributed by atoms with Crippen molar-refractivity contribution in [1.82, 2.24) is 0 Å². The molecule has 0 N–H and O–H groups in total. The summed E-state index contributed by atoms with van der Waals surface area (Å²) in [6.07, 6.45) is 3.45. The molecule has 0 aliphatic rings. The molecule has 1 aromatic carbocycles. The van der Waals surface area contributed by atoms with Crippen molar-refractivity contribution in [2.24, 2.45) is 0 Å². The third-order valence-corrected chi connectivity index (χ3v) is 2.07. The molecular formula is C11H15. The van der Waals surface area contributed by atoms with E-state index in [1.807, 2.05) is 0 Å². The van der Waals surface area contributed by atoms with Crippen molar-refractivity contribution < 1.29 is 0 Å². The van der Waals surface area contributed by atoms with Gasteiger partial charge in [-0.05, 0) is 24.3 Å². The highest BCUT2D eigenvalue weighted by molar-refractivity contribution is 5.21. The molecule has 0 saturated carbocycles. The smallest absolute Gasteiger partial charge is 0.0136 e. The van der Waals surface area contributed by atoms with Crippen molar-refractivity contribution in [2.75, 3.05) is 0 Å². The summed E-state index contributed by atoms with van der Waals surface area (Å²) in [7, 11) is 0. The molecule has 0 aliphatic carbocycles. The van der Waals surface area contributed by atoms with Gasteiger partial charge in [-0.25, -0.2) is 0 Å². The van der Waals surface area contributed by atoms with Crippen molar-refractivity contribution in [3.8, 4) is 0 Å². The average molecular weight is 147 g/mol. The second-order valence-electron chi connectivity index (χ2n) is 2.76. The summed E-state index contributed by atoms with van der Waals surface area (Å²) in [5.41, 5.74) is 1.43. The molecule has 0 heterocycles. The Bertz CT molecular complexity index is 184. The number of benzene rings is 1. The molecular weight excluding hydrogens is 132 g/mol. The van der Waals surface area contributed by atoms with Gasteiger partial charge in [0.2, 0.25) is 0 Å². The van der Waals surface area contributed by atoms with E-state index in [1.54, 1.807) is 0 Å². The zero-order valence-electron chi connectivity index (χ0n) is 7.25. The molecule has 0 aliphatic heterocycles. The topological polar surface area (TPSA) is 0 Å². The fourth-order valence-corrected chi connectivity index (χ4v) is 1.36. The highest BCUT2D eigenvalue weighted by Gasteiger charge is 2.04. The molecule has 1 atom stereocenters. The van der Waals surface area contributed by atoms with Gasteiger partial charge in [0, 0.05) is 0 Å². The summed E-state index contributed by atoms with van der Waals surface area (Å²) in [5.74, 6) is 0.635. The van der Waals surface area contributed by atoms with Crippen LogP contribution in [0.15, 0.2) is 30.3 Å². The minimum absolute atomic E-state index is 0.635. The Hall–Kier alpha value is -0.780. The molecule has 0 fully saturated rings. The van der Waals surface area contributed by atoms with Gasteiger partial charge in [0.05, 0.1) is 0 Å². The van der Waals surface area contributed by atoms with E-state index < -0.39 is 0 Å². The second-order valence-corrected chi connectivity index (χ2v) is 2.76. The predicted molar refractivity (Wildman–Crippen MR) is 49.4 cm³/mol. The van der Waals surface area contributed by atoms with Crippen LogP contribution in [0, 0.1) is 6.42 Å². The average Bonchev–Trinajstić information content (AvgIpc) is 2.09. The summed E-state index contributed by atoms with van der Waals surface area (Å²) in [4.78, 5) is 0. The Balaban J connectivity index is 2.74. The number of rotatable bonds is 3. The van der Waals surface area contributed by atoms with Gasteiger partial charge >= 0.3 is 0 Å². The maximum absolute atomic E-state index is 2.26. The molecule has 59 valence electrons. The monoisotopic (exact) mass is 147 g/mol. The van der Waals surface area contributed by atoms with Crippen LogP contribution in [-0.4, -0.2) is 0 Å². The summed E-state index contributed by atoms with van der Waals surface area (Å²) >= 11 is 0. The molecule has 0 spiro atoms. The standard InChI is InChI=1S/C11H15/c1-3-10(4-2)11-8-6-5-7-9-11/h3,5-10H,4H2,1-2H3. The van der Waals surface area contributed by atoms with Gasteiger partial charge in [-0.15, -0.1) is 0 Å². The lowest BCUT2D eigenvalue weighted by molar-refractivity contribution is 0.753. The number of hydrogen-bond donors (Lipinski definition) is 0. The molecule has 11 heavy (non-hydrogen) atoms. The summed E-state index contributed by atoms with van der Waals surface area (Å²) in [6, 6.07) is 10.6. The van der Waals surface area contributed by atoms with Crippen LogP contribution < -0.4 is 0 Å². The van der Waals surface area contributed by atoms with Crippen LogP contribution in [0.5, 0.6) is 0 Å². The van der Waals surface area contributed by atoms with Crippen LogP contribution >= 0.6 is 0 Å². The van der Waals surface area contributed by atoms with E-state index in [-0.39, 0.29) is 0 Å². The molecule has 0 aromatic heterocycles. The normalized spacial score (nSPS) is 10.5. The van der Waals surface area contributed by atoms with E-state index in [9.17, 15) is 0 Å². The van der Waals surface area contributed by atoms with Crippen molar-refractivity contribution in [2.45, 2.75) is 26.2 Å². The van der Waals surface area contributed by atoms with Gasteiger partial charge in [-0.1, -0.05) is 44.2 Å². The fourth-order valence-electron chi connectivity index (χ4n) is 1.36. The van der Waals surface area contributed by atoms with E-state index >= 15 is 0 Å². The molecule has 0 saturated heterocycles. The predicted octanol–water partition coefficient (Wildman–Crippen LogP) is 3.40. The van der Waals surface area contributed by atoms with Gasteiger partial charge < -0.3 is 0 Å². The van der Waals surface area contributed by atoms with E-state index in [4.69, 9.17) is 0 Å². The van der Waals surface area contributed by atoms with E-state index in [2.05, 4.69) is 50.6 Å². The second kappa shape index (κ2) is 4.17. The summed E-state index contributed by atoms with van der Waals surface area (Å²) in [6.45, 7) is 4.35. The van der Waals surface area contributed by atoms with Gasteiger partial charge in [0.15, 0.2) is 0 Å². The molecule has 0 heteroatoms. The summed E-state index contributed by atoms with van der Waals surface area (Å²) < 4.78 is 0. The largest absolute Gasteiger partial charge is 0.0648 e. The quantitative estimate of drug-likeness (QED) is 0.614. The highest BCUT2D eigenvalue weighted by Crippen LogP contribution is 2.20. The molecule has 0 bridgehead atoms. The van der Waals surface area contributed by atoms with Gasteiger partial charge in [-0.3, -0.25) is 0 Å². The van der Waals surface area contributed by atoms with Gasteiger partial charge in [0.1, 0.15) is 0 Å². The third-order valence-electron chi connectivity index (χ3n) is 2.07. The highest BCUT2D eigenvalue weighted by atomic mass is 14.1. The zero-order valence-corrected chi connectivity index (χ0v) is 7.25. The Morgan fingerprint density at radius 2 is 1.91 bits per heavy atom. The first-order valence-electron chi connectivity index (χ1n) is 4.23. The zero-order chi connectivity index (χ0) is 8.10. The number of hydrogen-bond acceptors (Lipinski definition) is 0. The maximum atomic E-state index is 2.26. The molecule has 1 unspecified atom stereocenters. The molecule has 1 aromatic rings. The first kappa shape index (κ1) is 8.32. The maximum Gasteiger partial charge on any atom is -0.0136 e. The van der Waals surface area contributed by atoms with E-state index in [0.717, 1.165) is 0 Å².